The zero-order chi connectivity index (χ0) is 13.1. The van der Waals surface area contributed by atoms with E-state index in [0.29, 0.717) is 0 Å². The number of aromatic nitrogens is 3. The Balaban J connectivity index is 2.11. The molecular formula is C16H15N3. The molecule has 0 spiro atoms. The van der Waals surface area contributed by atoms with E-state index in [1.54, 1.807) is 0 Å². The molecule has 0 saturated carbocycles. The highest BCUT2D eigenvalue weighted by molar-refractivity contribution is 5.32. The lowest BCUT2D eigenvalue weighted by Crippen LogP contribution is -2.13. The molecule has 0 saturated heterocycles. The monoisotopic (exact) mass is 249 g/mol. The minimum absolute atomic E-state index is 0.0728. The van der Waals surface area contributed by atoms with Crippen LogP contribution in [0.1, 0.15) is 22.9 Å². The van der Waals surface area contributed by atoms with Crippen molar-refractivity contribution in [2.45, 2.75) is 13.0 Å². The number of benzene rings is 2. The predicted octanol–water partition coefficient (Wildman–Crippen LogP) is 3.22. The van der Waals surface area contributed by atoms with E-state index in [2.05, 4.69) is 58.8 Å². The van der Waals surface area contributed by atoms with Crippen LogP contribution in [-0.4, -0.2) is 15.0 Å². The van der Waals surface area contributed by atoms with Gasteiger partial charge in [-0.25, -0.2) is 4.68 Å². The zero-order valence-electron chi connectivity index (χ0n) is 10.8. The molecule has 3 nitrogen and oxygen atoms in total. The largest absolute Gasteiger partial charge is 0.240 e. The van der Waals surface area contributed by atoms with Gasteiger partial charge in [0.1, 0.15) is 6.04 Å². The molecule has 3 aromatic rings. The van der Waals surface area contributed by atoms with Crippen LogP contribution in [0.25, 0.3) is 0 Å². The summed E-state index contributed by atoms with van der Waals surface area (Å²) < 4.78 is 1.92. The SMILES string of the molecule is Cc1cn(C(c2ccccc2)c2ccccc2)nn1. The van der Waals surface area contributed by atoms with Crippen LogP contribution in [0.15, 0.2) is 66.9 Å². The first-order valence-corrected chi connectivity index (χ1v) is 6.33. The zero-order valence-corrected chi connectivity index (χ0v) is 10.8. The third kappa shape index (κ3) is 2.40. The maximum absolute atomic E-state index is 4.24. The lowest BCUT2D eigenvalue weighted by molar-refractivity contribution is 0.571. The maximum atomic E-state index is 4.24. The highest BCUT2D eigenvalue weighted by Crippen LogP contribution is 2.25. The average molecular weight is 249 g/mol. The lowest BCUT2D eigenvalue weighted by Gasteiger charge is -2.17. The van der Waals surface area contributed by atoms with Gasteiger partial charge in [0.2, 0.25) is 0 Å². The van der Waals surface area contributed by atoms with Gasteiger partial charge in [-0.3, -0.25) is 0 Å². The second kappa shape index (κ2) is 5.06. The highest BCUT2D eigenvalue weighted by Gasteiger charge is 2.16. The molecule has 0 aliphatic heterocycles. The quantitative estimate of drug-likeness (QED) is 0.713. The molecular weight excluding hydrogens is 234 g/mol. The third-order valence-corrected chi connectivity index (χ3v) is 3.12. The van der Waals surface area contributed by atoms with E-state index in [0.717, 1.165) is 5.69 Å². The molecule has 2 aromatic carbocycles. The minimum Gasteiger partial charge on any atom is -0.240 e. The maximum Gasteiger partial charge on any atom is 0.104 e. The summed E-state index contributed by atoms with van der Waals surface area (Å²) in [6, 6.07) is 20.8. The van der Waals surface area contributed by atoms with Crippen molar-refractivity contribution in [3.05, 3.63) is 83.7 Å². The first-order valence-electron chi connectivity index (χ1n) is 6.33. The Morgan fingerprint density at radius 1 is 0.842 bits per heavy atom. The van der Waals surface area contributed by atoms with E-state index in [-0.39, 0.29) is 6.04 Å². The molecule has 0 bridgehead atoms. The minimum atomic E-state index is 0.0728. The summed E-state index contributed by atoms with van der Waals surface area (Å²) in [5.41, 5.74) is 3.34. The van der Waals surface area contributed by atoms with Gasteiger partial charge in [0.25, 0.3) is 0 Å². The first kappa shape index (κ1) is 11.7. The molecule has 94 valence electrons. The normalized spacial score (nSPS) is 10.8. The Bertz CT molecular complexity index is 605. The molecule has 0 atom stereocenters. The fourth-order valence-electron chi connectivity index (χ4n) is 2.26. The van der Waals surface area contributed by atoms with Gasteiger partial charge in [0.05, 0.1) is 5.69 Å². The van der Waals surface area contributed by atoms with E-state index in [1.165, 1.54) is 11.1 Å². The van der Waals surface area contributed by atoms with Crippen molar-refractivity contribution >= 4 is 0 Å². The van der Waals surface area contributed by atoms with Crippen LogP contribution in [0.5, 0.6) is 0 Å². The Labute approximate surface area is 112 Å². The standard InChI is InChI=1S/C16H15N3/c1-13-12-19(18-17-13)16(14-8-4-2-5-9-14)15-10-6-3-7-11-15/h2-12,16H,1H3. The van der Waals surface area contributed by atoms with Gasteiger partial charge in [-0.15, -0.1) is 5.10 Å². The van der Waals surface area contributed by atoms with Gasteiger partial charge >= 0.3 is 0 Å². The molecule has 0 fully saturated rings. The predicted molar refractivity (Wildman–Crippen MR) is 74.9 cm³/mol. The van der Waals surface area contributed by atoms with Crippen molar-refractivity contribution < 1.29 is 0 Å². The fourth-order valence-corrected chi connectivity index (χ4v) is 2.26. The van der Waals surface area contributed by atoms with E-state index < -0.39 is 0 Å². The number of aryl methyl sites for hydroxylation is 1. The second-order valence-corrected chi connectivity index (χ2v) is 4.56. The van der Waals surface area contributed by atoms with Gasteiger partial charge in [-0.05, 0) is 18.1 Å². The van der Waals surface area contributed by atoms with Crippen LogP contribution in [0, 0.1) is 6.92 Å². The van der Waals surface area contributed by atoms with Crippen molar-refractivity contribution in [1.82, 2.24) is 15.0 Å². The van der Waals surface area contributed by atoms with Crippen molar-refractivity contribution in [3.8, 4) is 0 Å². The second-order valence-electron chi connectivity index (χ2n) is 4.56. The summed E-state index contributed by atoms with van der Waals surface area (Å²) in [6.45, 7) is 1.95. The molecule has 0 aliphatic carbocycles. The molecule has 3 rings (SSSR count). The smallest absolute Gasteiger partial charge is 0.104 e. The summed E-state index contributed by atoms with van der Waals surface area (Å²) in [6.07, 6.45) is 1.98. The number of rotatable bonds is 3. The molecule has 19 heavy (non-hydrogen) atoms. The summed E-state index contributed by atoms with van der Waals surface area (Å²) >= 11 is 0. The van der Waals surface area contributed by atoms with Crippen molar-refractivity contribution in [2.24, 2.45) is 0 Å². The van der Waals surface area contributed by atoms with Crippen LogP contribution in [0.4, 0.5) is 0 Å². The van der Waals surface area contributed by atoms with Crippen molar-refractivity contribution in [1.29, 1.82) is 0 Å². The molecule has 0 unspecified atom stereocenters. The van der Waals surface area contributed by atoms with Crippen LogP contribution < -0.4 is 0 Å². The van der Waals surface area contributed by atoms with Crippen LogP contribution in [0.3, 0.4) is 0 Å². The van der Waals surface area contributed by atoms with Crippen molar-refractivity contribution in [2.75, 3.05) is 0 Å². The van der Waals surface area contributed by atoms with E-state index in [9.17, 15) is 0 Å². The van der Waals surface area contributed by atoms with E-state index in [1.807, 2.05) is 29.9 Å². The molecule has 1 aromatic heterocycles. The van der Waals surface area contributed by atoms with E-state index in [4.69, 9.17) is 0 Å². The van der Waals surface area contributed by atoms with Gasteiger partial charge in [0, 0.05) is 6.20 Å². The van der Waals surface area contributed by atoms with Gasteiger partial charge < -0.3 is 0 Å². The van der Waals surface area contributed by atoms with Gasteiger partial charge in [0.15, 0.2) is 0 Å². The molecule has 0 radical (unpaired) electrons. The van der Waals surface area contributed by atoms with E-state index >= 15 is 0 Å². The Morgan fingerprint density at radius 3 is 1.79 bits per heavy atom. The summed E-state index contributed by atoms with van der Waals surface area (Å²) in [4.78, 5) is 0. The lowest BCUT2D eigenvalue weighted by atomic mass is 9.99. The number of hydrogen-bond donors (Lipinski definition) is 0. The van der Waals surface area contributed by atoms with Gasteiger partial charge in [-0.2, -0.15) is 0 Å². The Kier molecular flexibility index (Phi) is 3.11. The fraction of sp³-hybridized carbons (Fsp3) is 0.125. The van der Waals surface area contributed by atoms with Crippen LogP contribution in [-0.2, 0) is 0 Å². The first-order chi connectivity index (χ1) is 9.34. The highest BCUT2D eigenvalue weighted by atomic mass is 15.4. The third-order valence-electron chi connectivity index (χ3n) is 3.12. The van der Waals surface area contributed by atoms with Crippen molar-refractivity contribution in [3.63, 3.8) is 0 Å². The van der Waals surface area contributed by atoms with Crippen LogP contribution in [0.2, 0.25) is 0 Å². The van der Waals surface area contributed by atoms with Gasteiger partial charge in [-0.1, -0.05) is 65.9 Å². The Hall–Kier alpha value is -2.42. The molecule has 0 aliphatic rings. The molecule has 1 heterocycles. The van der Waals surface area contributed by atoms with Crippen LogP contribution >= 0.6 is 0 Å². The molecule has 0 amide bonds. The summed E-state index contributed by atoms with van der Waals surface area (Å²) in [5, 5.41) is 8.34. The summed E-state index contributed by atoms with van der Waals surface area (Å²) in [7, 11) is 0. The average Bonchev–Trinajstić information content (AvgIpc) is 2.88. The topological polar surface area (TPSA) is 30.7 Å². The molecule has 3 heteroatoms. The number of hydrogen-bond acceptors (Lipinski definition) is 2. The Morgan fingerprint density at radius 2 is 1.37 bits per heavy atom. The number of nitrogens with zero attached hydrogens (tertiary/aromatic N) is 3. The molecule has 0 N–H and O–H groups in total. The summed E-state index contributed by atoms with van der Waals surface area (Å²) in [5.74, 6) is 0.